The van der Waals surface area contributed by atoms with E-state index in [0.29, 0.717) is 0 Å². The maximum atomic E-state index is 13.6. The Kier molecular flexibility index (Phi) is 5.69. The minimum Gasteiger partial charge on any atom is -0.460 e. The normalized spacial score (nSPS) is 25.7. The molecule has 0 amide bonds. The molecule has 0 radical (unpaired) electrons. The average Bonchev–Trinajstić information content (AvgIpc) is 2.81. The van der Waals surface area contributed by atoms with E-state index >= 15 is 0 Å². The molecule has 6 heteroatoms. The second-order valence-electron chi connectivity index (χ2n) is 4.52. The first-order valence-corrected chi connectivity index (χ1v) is 5.82. The van der Waals surface area contributed by atoms with Crippen molar-refractivity contribution in [2.24, 2.45) is 0 Å². The van der Waals surface area contributed by atoms with E-state index < -0.39 is 24.4 Å². The van der Waals surface area contributed by atoms with Gasteiger partial charge in [0.1, 0.15) is 19.3 Å². The monoisotopic (exact) mass is 291 g/mol. The molecule has 2 atom stereocenters. The van der Waals surface area contributed by atoms with Crippen molar-refractivity contribution in [1.29, 1.82) is 0 Å². The summed E-state index contributed by atoms with van der Waals surface area (Å²) < 4.78 is 31.0. The molecule has 19 heavy (non-hydrogen) atoms. The summed E-state index contributed by atoms with van der Waals surface area (Å²) in [7, 11) is 0. The molecular formula is C13H16ClF2NO2. The Labute approximate surface area is 116 Å². The Morgan fingerprint density at radius 3 is 2.68 bits per heavy atom. The van der Waals surface area contributed by atoms with Crippen LogP contribution in [0.15, 0.2) is 30.3 Å². The topological polar surface area (TPSA) is 38.3 Å². The zero-order valence-corrected chi connectivity index (χ0v) is 11.1. The number of nitrogens with one attached hydrogen (secondary N) is 1. The lowest BCUT2D eigenvalue weighted by Gasteiger charge is -2.13. The molecule has 2 rings (SSSR count). The molecule has 0 saturated carbocycles. The number of benzene rings is 1. The molecule has 106 valence electrons. The van der Waals surface area contributed by atoms with Crippen LogP contribution >= 0.6 is 12.4 Å². The predicted octanol–water partition coefficient (Wildman–Crippen LogP) is 2.19. The molecule has 1 fully saturated rings. The summed E-state index contributed by atoms with van der Waals surface area (Å²) in [6.07, 6.45) is -0.170. The number of ether oxygens (including phenoxy) is 1. The van der Waals surface area contributed by atoms with Gasteiger partial charge in [0.25, 0.3) is 0 Å². The molecule has 1 heterocycles. The van der Waals surface area contributed by atoms with Gasteiger partial charge in [-0.3, -0.25) is 4.79 Å². The molecule has 1 aromatic carbocycles. The molecular weight excluding hydrogens is 276 g/mol. The number of rotatable bonds is 4. The van der Waals surface area contributed by atoms with E-state index in [4.69, 9.17) is 4.74 Å². The van der Waals surface area contributed by atoms with Crippen molar-refractivity contribution in [3.8, 4) is 0 Å². The number of carbonyl (C=O) groups excluding carboxylic acids is 1. The Balaban J connectivity index is 0.00000180. The summed E-state index contributed by atoms with van der Waals surface area (Å²) in [5.41, 5.74) is -1.07. The van der Waals surface area contributed by atoms with Gasteiger partial charge in [0.2, 0.25) is 0 Å². The third-order valence-corrected chi connectivity index (χ3v) is 2.98. The fourth-order valence-electron chi connectivity index (χ4n) is 1.91. The Bertz CT molecular complexity index is 418. The van der Waals surface area contributed by atoms with Crippen molar-refractivity contribution >= 4 is 18.4 Å². The second-order valence-corrected chi connectivity index (χ2v) is 4.52. The first-order valence-electron chi connectivity index (χ1n) is 5.82. The molecule has 0 unspecified atom stereocenters. The van der Waals surface area contributed by atoms with E-state index in [1.165, 1.54) is 0 Å². The SMILES string of the molecule is Cl.O=C(OCc1ccccc1)[C@@H]1C[C@](F)(CF)CN1. The van der Waals surface area contributed by atoms with E-state index in [-0.39, 0.29) is 32.0 Å². The highest BCUT2D eigenvalue weighted by molar-refractivity contribution is 5.85. The van der Waals surface area contributed by atoms with Gasteiger partial charge in [-0.1, -0.05) is 30.3 Å². The summed E-state index contributed by atoms with van der Waals surface area (Å²) in [6, 6.07) is 8.45. The van der Waals surface area contributed by atoms with Crippen LogP contribution in [0, 0.1) is 0 Å². The van der Waals surface area contributed by atoms with Crippen LogP contribution in [-0.2, 0) is 16.1 Å². The fraction of sp³-hybridized carbons (Fsp3) is 0.462. The fourth-order valence-corrected chi connectivity index (χ4v) is 1.91. The van der Waals surface area contributed by atoms with Gasteiger partial charge >= 0.3 is 5.97 Å². The van der Waals surface area contributed by atoms with Gasteiger partial charge in [0, 0.05) is 13.0 Å². The van der Waals surface area contributed by atoms with Gasteiger partial charge in [-0.25, -0.2) is 8.78 Å². The van der Waals surface area contributed by atoms with Crippen LogP contribution in [0.1, 0.15) is 12.0 Å². The Morgan fingerprint density at radius 2 is 2.11 bits per heavy atom. The van der Waals surface area contributed by atoms with Gasteiger partial charge < -0.3 is 10.1 Å². The average molecular weight is 292 g/mol. The van der Waals surface area contributed by atoms with Crippen molar-refractivity contribution in [2.75, 3.05) is 13.2 Å². The van der Waals surface area contributed by atoms with Crippen molar-refractivity contribution in [3.63, 3.8) is 0 Å². The second kappa shape index (κ2) is 6.82. The van der Waals surface area contributed by atoms with Crippen LogP contribution in [0.25, 0.3) is 0 Å². The third-order valence-electron chi connectivity index (χ3n) is 2.98. The van der Waals surface area contributed by atoms with Crippen LogP contribution in [0.2, 0.25) is 0 Å². The summed E-state index contributed by atoms with van der Waals surface area (Å²) in [4.78, 5) is 11.6. The van der Waals surface area contributed by atoms with Gasteiger partial charge in [0.15, 0.2) is 5.67 Å². The minimum atomic E-state index is -1.93. The number of hydrogen-bond acceptors (Lipinski definition) is 3. The molecule has 3 nitrogen and oxygen atoms in total. The number of carbonyl (C=O) groups is 1. The number of esters is 1. The summed E-state index contributed by atoms with van der Waals surface area (Å²) >= 11 is 0. The maximum Gasteiger partial charge on any atom is 0.323 e. The third kappa shape index (κ3) is 4.14. The molecule has 0 spiro atoms. The highest BCUT2D eigenvalue weighted by atomic mass is 35.5. The largest absolute Gasteiger partial charge is 0.460 e. The zero-order valence-electron chi connectivity index (χ0n) is 10.3. The summed E-state index contributed by atoms with van der Waals surface area (Å²) in [5.74, 6) is -0.535. The molecule has 0 aromatic heterocycles. The van der Waals surface area contributed by atoms with Crippen LogP contribution < -0.4 is 5.32 Å². The van der Waals surface area contributed by atoms with Gasteiger partial charge in [-0.15, -0.1) is 12.4 Å². The van der Waals surface area contributed by atoms with Crippen molar-refractivity contribution in [3.05, 3.63) is 35.9 Å². The Hall–Kier alpha value is -1.20. The van der Waals surface area contributed by atoms with Crippen molar-refractivity contribution in [2.45, 2.75) is 24.7 Å². The quantitative estimate of drug-likeness (QED) is 0.864. The molecule has 1 aromatic rings. The lowest BCUT2D eigenvalue weighted by atomic mass is 10.0. The molecule has 1 aliphatic rings. The van der Waals surface area contributed by atoms with E-state index in [0.717, 1.165) is 5.56 Å². The number of alkyl halides is 2. The highest BCUT2D eigenvalue weighted by Gasteiger charge is 2.43. The van der Waals surface area contributed by atoms with E-state index in [9.17, 15) is 13.6 Å². The summed E-state index contributed by atoms with van der Waals surface area (Å²) in [6.45, 7) is -1.08. The van der Waals surface area contributed by atoms with Crippen LogP contribution in [0.3, 0.4) is 0 Å². The molecule has 1 saturated heterocycles. The van der Waals surface area contributed by atoms with E-state index in [1.54, 1.807) is 0 Å². The smallest absolute Gasteiger partial charge is 0.323 e. The summed E-state index contributed by atoms with van der Waals surface area (Å²) in [5, 5.41) is 2.64. The van der Waals surface area contributed by atoms with Crippen molar-refractivity contribution < 1.29 is 18.3 Å². The molecule has 1 aliphatic heterocycles. The zero-order chi connectivity index (χ0) is 13.0. The van der Waals surface area contributed by atoms with E-state index in [2.05, 4.69) is 5.32 Å². The van der Waals surface area contributed by atoms with Crippen molar-refractivity contribution in [1.82, 2.24) is 5.32 Å². The predicted molar refractivity (Wildman–Crippen MR) is 69.7 cm³/mol. The lowest BCUT2D eigenvalue weighted by molar-refractivity contribution is -0.147. The van der Waals surface area contributed by atoms with Gasteiger partial charge in [-0.05, 0) is 5.56 Å². The molecule has 0 aliphatic carbocycles. The first-order chi connectivity index (χ1) is 8.63. The number of hydrogen-bond donors (Lipinski definition) is 1. The van der Waals surface area contributed by atoms with Gasteiger partial charge in [-0.2, -0.15) is 0 Å². The standard InChI is InChI=1S/C13H15F2NO2.ClH/c14-8-13(15)6-11(16-9-13)12(17)18-7-10-4-2-1-3-5-10;/h1-5,11,16H,6-9H2;1H/t11-,13-;/m0./s1. The van der Waals surface area contributed by atoms with Gasteiger partial charge in [0.05, 0.1) is 0 Å². The number of halogens is 3. The first kappa shape index (κ1) is 15.9. The van der Waals surface area contributed by atoms with Crippen LogP contribution in [0.4, 0.5) is 8.78 Å². The molecule has 0 bridgehead atoms. The lowest BCUT2D eigenvalue weighted by Crippen LogP contribution is -2.32. The highest BCUT2D eigenvalue weighted by Crippen LogP contribution is 2.25. The van der Waals surface area contributed by atoms with Crippen LogP contribution in [-0.4, -0.2) is 30.9 Å². The maximum absolute atomic E-state index is 13.6. The Morgan fingerprint density at radius 1 is 1.42 bits per heavy atom. The minimum absolute atomic E-state index is 0. The van der Waals surface area contributed by atoms with Crippen LogP contribution in [0.5, 0.6) is 0 Å². The molecule has 1 N–H and O–H groups in total. The van der Waals surface area contributed by atoms with E-state index in [1.807, 2.05) is 30.3 Å².